The molecule has 6 heteroatoms. The van der Waals surface area contributed by atoms with Crippen LogP contribution in [0.1, 0.15) is 13.3 Å². The fourth-order valence-electron chi connectivity index (χ4n) is 1.46. The molecule has 0 aliphatic carbocycles. The predicted molar refractivity (Wildman–Crippen MR) is 65.3 cm³/mol. The molecule has 0 spiro atoms. The molecule has 0 aromatic carbocycles. The third-order valence-corrected chi connectivity index (χ3v) is 2.20. The number of hydrogen-bond acceptors (Lipinski definition) is 4. The minimum Gasteiger partial charge on any atom is -0.323 e. The van der Waals surface area contributed by atoms with Crippen LogP contribution in [0.25, 0.3) is 5.69 Å². The maximum atomic E-state index is 11.4. The minimum absolute atomic E-state index is 0.125. The van der Waals surface area contributed by atoms with Crippen LogP contribution in [0.4, 0.5) is 5.69 Å². The zero-order valence-corrected chi connectivity index (χ0v) is 9.83. The van der Waals surface area contributed by atoms with Gasteiger partial charge in [-0.2, -0.15) is 5.10 Å². The SMILES string of the molecule is CC(=O)CC(=O)Nc1cnn(-c2ccncc2)c1. The highest BCUT2D eigenvalue weighted by Crippen LogP contribution is 2.10. The van der Waals surface area contributed by atoms with Crippen molar-refractivity contribution < 1.29 is 9.59 Å². The normalized spacial score (nSPS) is 10.1. The Morgan fingerprint density at radius 2 is 2.06 bits per heavy atom. The minimum atomic E-state index is -0.336. The second-order valence-electron chi connectivity index (χ2n) is 3.81. The number of hydrogen-bond donors (Lipinski definition) is 1. The first-order valence-corrected chi connectivity index (χ1v) is 5.39. The quantitative estimate of drug-likeness (QED) is 0.819. The first kappa shape index (κ1) is 12.0. The summed E-state index contributed by atoms with van der Waals surface area (Å²) >= 11 is 0. The number of nitrogens with zero attached hydrogens (tertiary/aromatic N) is 3. The van der Waals surface area contributed by atoms with Crippen LogP contribution in [-0.2, 0) is 9.59 Å². The lowest BCUT2D eigenvalue weighted by molar-refractivity contribution is -0.124. The number of amides is 1. The van der Waals surface area contributed by atoms with Gasteiger partial charge in [-0.1, -0.05) is 0 Å². The second-order valence-corrected chi connectivity index (χ2v) is 3.81. The maximum absolute atomic E-state index is 11.4. The van der Waals surface area contributed by atoms with E-state index in [1.807, 2.05) is 0 Å². The number of anilines is 1. The van der Waals surface area contributed by atoms with Crippen molar-refractivity contribution >= 4 is 17.4 Å². The number of ketones is 1. The molecule has 0 saturated carbocycles. The molecular formula is C12H12N4O2. The van der Waals surface area contributed by atoms with Crippen LogP contribution in [0.5, 0.6) is 0 Å². The van der Waals surface area contributed by atoms with Gasteiger partial charge in [-0.15, -0.1) is 0 Å². The number of rotatable bonds is 4. The van der Waals surface area contributed by atoms with E-state index in [-0.39, 0.29) is 18.1 Å². The summed E-state index contributed by atoms with van der Waals surface area (Å²) in [5, 5.41) is 6.71. The number of pyridine rings is 1. The Bertz CT molecular complexity index is 562. The zero-order valence-electron chi connectivity index (χ0n) is 9.83. The van der Waals surface area contributed by atoms with Crippen LogP contribution in [0, 0.1) is 0 Å². The average molecular weight is 244 g/mol. The molecule has 18 heavy (non-hydrogen) atoms. The first-order valence-electron chi connectivity index (χ1n) is 5.39. The third-order valence-electron chi connectivity index (χ3n) is 2.20. The molecule has 0 unspecified atom stereocenters. The van der Waals surface area contributed by atoms with Crippen molar-refractivity contribution in [3.63, 3.8) is 0 Å². The van der Waals surface area contributed by atoms with E-state index in [9.17, 15) is 9.59 Å². The Kier molecular flexibility index (Phi) is 3.47. The summed E-state index contributed by atoms with van der Waals surface area (Å²) in [5.41, 5.74) is 1.40. The Hall–Kier alpha value is -2.50. The molecular weight excluding hydrogens is 232 g/mol. The Morgan fingerprint density at radius 1 is 1.33 bits per heavy atom. The number of carbonyl (C=O) groups excluding carboxylic acids is 2. The third kappa shape index (κ3) is 3.00. The van der Waals surface area contributed by atoms with Crippen LogP contribution in [0.3, 0.4) is 0 Å². The van der Waals surface area contributed by atoms with Gasteiger partial charge in [0.2, 0.25) is 5.91 Å². The highest BCUT2D eigenvalue weighted by molar-refractivity contribution is 6.03. The van der Waals surface area contributed by atoms with E-state index in [1.165, 1.54) is 13.1 Å². The van der Waals surface area contributed by atoms with E-state index in [0.29, 0.717) is 5.69 Å². The lowest BCUT2D eigenvalue weighted by Crippen LogP contribution is -2.14. The molecule has 0 atom stereocenters. The molecule has 0 radical (unpaired) electrons. The van der Waals surface area contributed by atoms with E-state index in [0.717, 1.165) is 5.69 Å². The van der Waals surface area contributed by atoms with Gasteiger partial charge in [0, 0.05) is 12.4 Å². The van der Waals surface area contributed by atoms with Crippen molar-refractivity contribution in [2.24, 2.45) is 0 Å². The monoisotopic (exact) mass is 244 g/mol. The fraction of sp³-hybridized carbons (Fsp3) is 0.167. The summed E-state index contributed by atoms with van der Waals surface area (Å²) in [6.45, 7) is 1.37. The van der Waals surface area contributed by atoms with Gasteiger partial charge in [0.25, 0.3) is 0 Å². The Morgan fingerprint density at radius 3 is 2.72 bits per heavy atom. The molecule has 92 valence electrons. The highest BCUT2D eigenvalue weighted by atomic mass is 16.2. The molecule has 0 aliphatic rings. The first-order chi connectivity index (χ1) is 8.65. The van der Waals surface area contributed by atoms with Crippen LogP contribution in [-0.4, -0.2) is 26.5 Å². The highest BCUT2D eigenvalue weighted by Gasteiger charge is 2.07. The largest absolute Gasteiger partial charge is 0.323 e. The van der Waals surface area contributed by atoms with Gasteiger partial charge in [0.15, 0.2) is 0 Å². The fourth-order valence-corrected chi connectivity index (χ4v) is 1.46. The average Bonchev–Trinajstić information content (AvgIpc) is 2.77. The Balaban J connectivity index is 2.07. The van der Waals surface area contributed by atoms with E-state index in [4.69, 9.17) is 0 Å². The number of aromatic nitrogens is 3. The van der Waals surface area contributed by atoms with E-state index >= 15 is 0 Å². The molecule has 0 aliphatic heterocycles. The smallest absolute Gasteiger partial charge is 0.231 e. The zero-order chi connectivity index (χ0) is 13.0. The van der Waals surface area contributed by atoms with Crippen LogP contribution in [0.15, 0.2) is 36.9 Å². The molecule has 1 N–H and O–H groups in total. The van der Waals surface area contributed by atoms with Crippen LogP contribution in [0.2, 0.25) is 0 Å². The summed E-state index contributed by atoms with van der Waals surface area (Å²) in [5.74, 6) is -0.509. The van der Waals surface area contributed by atoms with Crippen molar-refractivity contribution in [1.82, 2.24) is 14.8 Å². The molecule has 0 saturated heterocycles. The van der Waals surface area contributed by atoms with Gasteiger partial charge in [-0.05, 0) is 19.1 Å². The second kappa shape index (κ2) is 5.22. The molecule has 0 fully saturated rings. The summed E-state index contributed by atoms with van der Waals surface area (Å²) in [7, 11) is 0. The van der Waals surface area contributed by atoms with Crippen molar-refractivity contribution in [3.05, 3.63) is 36.9 Å². The molecule has 2 rings (SSSR count). The van der Waals surface area contributed by atoms with Crippen LogP contribution < -0.4 is 5.32 Å². The van der Waals surface area contributed by atoms with Gasteiger partial charge >= 0.3 is 0 Å². The molecule has 2 aromatic rings. The van der Waals surface area contributed by atoms with Crippen molar-refractivity contribution in [1.29, 1.82) is 0 Å². The topological polar surface area (TPSA) is 76.9 Å². The Labute approximate surface area is 104 Å². The molecule has 2 heterocycles. The van der Waals surface area contributed by atoms with Crippen molar-refractivity contribution in [2.45, 2.75) is 13.3 Å². The van der Waals surface area contributed by atoms with Crippen molar-refractivity contribution in [2.75, 3.05) is 5.32 Å². The lowest BCUT2D eigenvalue weighted by Gasteiger charge is -2.00. The van der Waals surface area contributed by atoms with Gasteiger partial charge in [-0.25, -0.2) is 4.68 Å². The molecule has 2 aromatic heterocycles. The molecule has 0 bridgehead atoms. The van der Waals surface area contributed by atoms with Gasteiger partial charge in [0.05, 0.1) is 30.2 Å². The summed E-state index contributed by atoms with van der Waals surface area (Å²) in [6, 6.07) is 3.60. The van der Waals surface area contributed by atoms with E-state index < -0.39 is 0 Å². The number of nitrogens with one attached hydrogen (secondary N) is 1. The number of carbonyl (C=O) groups is 2. The van der Waals surface area contributed by atoms with Gasteiger partial charge < -0.3 is 5.32 Å². The van der Waals surface area contributed by atoms with E-state index in [2.05, 4.69) is 15.4 Å². The van der Waals surface area contributed by atoms with Gasteiger partial charge in [0.1, 0.15) is 5.78 Å². The number of Topliss-reactive ketones (excluding diaryl/α,β-unsaturated/α-hetero) is 1. The van der Waals surface area contributed by atoms with Crippen molar-refractivity contribution in [3.8, 4) is 5.69 Å². The summed E-state index contributed by atoms with van der Waals surface area (Å²) in [6.07, 6.45) is 6.39. The van der Waals surface area contributed by atoms with Crippen LogP contribution >= 0.6 is 0 Å². The molecule has 6 nitrogen and oxygen atoms in total. The lowest BCUT2D eigenvalue weighted by atomic mass is 10.3. The molecule has 1 amide bonds. The summed E-state index contributed by atoms with van der Waals surface area (Å²) in [4.78, 5) is 26.1. The predicted octanol–water partition coefficient (Wildman–Crippen LogP) is 1.18. The van der Waals surface area contributed by atoms with Gasteiger partial charge in [-0.3, -0.25) is 14.6 Å². The summed E-state index contributed by atoms with van der Waals surface area (Å²) < 4.78 is 1.62. The van der Waals surface area contributed by atoms with E-state index in [1.54, 1.807) is 35.4 Å². The standard InChI is InChI=1S/C12H12N4O2/c1-9(17)6-12(18)15-10-7-14-16(8-10)11-2-4-13-5-3-11/h2-5,7-8H,6H2,1H3,(H,15,18). The maximum Gasteiger partial charge on any atom is 0.231 e.